The third-order valence-corrected chi connectivity index (χ3v) is 7.76. The van der Waals surface area contributed by atoms with Crippen LogP contribution in [0.25, 0.3) is 0 Å². The average Bonchev–Trinajstić information content (AvgIpc) is 3.01. The predicted octanol–water partition coefficient (Wildman–Crippen LogP) is 4.18. The number of fused-ring (bicyclic) bond motifs is 2. The third-order valence-electron chi connectivity index (χ3n) is 5.94. The molecule has 150 valence electrons. The Balaban J connectivity index is 1.64. The first-order valence-corrected chi connectivity index (χ1v) is 10.5. The zero-order valence-corrected chi connectivity index (χ0v) is 17.0. The van der Waals surface area contributed by atoms with Gasteiger partial charge in [0.15, 0.2) is 0 Å². The number of carbonyl (C=O) groups is 2. The molecule has 0 amide bonds. The average molecular weight is 410 g/mol. The number of hydrogen-bond acceptors (Lipinski definition) is 4. The topological polar surface area (TPSA) is 77.8 Å². The van der Waals surface area contributed by atoms with Crippen LogP contribution in [0.1, 0.15) is 40.3 Å². The lowest BCUT2D eigenvalue weighted by molar-refractivity contribution is -0.136. The molecule has 2 aromatic carbocycles. The highest BCUT2D eigenvalue weighted by atomic mass is 32.2. The molecule has 0 bridgehead atoms. The third kappa shape index (κ3) is 3.53. The van der Waals surface area contributed by atoms with Crippen molar-refractivity contribution in [1.29, 1.82) is 0 Å². The highest BCUT2D eigenvalue weighted by molar-refractivity contribution is 8.01. The second kappa shape index (κ2) is 7.59. The second-order valence-electron chi connectivity index (χ2n) is 7.60. The zero-order chi connectivity index (χ0) is 20.6. The van der Waals surface area contributed by atoms with E-state index in [0.29, 0.717) is 13.1 Å². The molecule has 2 N–H and O–H groups in total. The summed E-state index contributed by atoms with van der Waals surface area (Å²) in [5.74, 6) is -2.43. The number of thioether (sulfide) groups is 1. The van der Waals surface area contributed by atoms with Crippen molar-refractivity contribution >= 4 is 23.7 Å². The molecule has 4 rings (SSSR count). The molecule has 2 aliphatic rings. The quantitative estimate of drug-likeness (QED) is 0.738. The van der Waals surface area contributed by atoms with Gasteiger partial charge in [-0.1, -0.05) is 48.5 Å². The molecular formula is C23H23NO4S. The Bertz CT molecular complexity index is 992. The van der Waals surface area contributed by atoms with Gasteiger partial charge in [-0.3, -0.25) is 0 Å². The highest BCUT2D eigenvalue weighted by Gasteiger charge is 2.47. The van der Waals surface area contributed by atoms with E-state index < -0.39 is 11.9 Å². The van der Waals surface area contributed by atoms with Gasteiger partial charge < -0.3 is 15.1 Å². The van der Waals surface area contributed by atoms with E-state index in [1.54, 1.807) is 4.90 Å². The zero-order valence-electron chi connectivity index (χ0n) is 16.2. The number of carboxylic acids is 2. The Hall–Kier alpha value is -2.73. The van der Waals surface area contributed by atoms with Crippen LogP contribution in [0.15, 0.2) is 60.3 Å². The van der Waals surface area contributed by atoms with Crippen LogP contribution in [-0.2, 0) is 14.3 Å². The van der Waals surface area contributed by atoms with E-state index >= 15 is 0 Å². The maximum Gasteiger partial charge on any atom is 0.352 e. The minimum atomic E-state index is -1.23. The van der Waals surface area contributed by atoms with Gasteiger partial charge in [0, 0.05) is 17.8 Å². The summed E-state index contributed by atoms with van der Waals surface area (Å²) in [5, 5.41) is 18.7. The summed E-state index contributed by atoms with van der Waals surface area (Å²) in [5.41, 5.74) is 5.11. The summed E-state index contributed by atoms with van der Waals surface area (Å²) in [6.45, 7) is 3.18. The van der Waals surface area contributed by atoms with Gasteiger partial charge in [0.25, 0.3) is 0 Å². The van der Waals surface area contributed by atoms with Crippen LogP contribution in [0, 0.1) is 6.92 Å². The lowest BCUT2D eigenvalue weighted by Crippen LogP contribution is -2.41. The summed E-state index contributed by atoms with van der Waals surface area (Å²) in [7, 11) is 0. The van der Waals surface area contributed by atoms with Crippen LogP contribution in [0.5, 0.6) is 0 Å². The minimum Gasteiger partial charge on any atom is -0.478 e. The number of aliphatic carboxylic acids is 2. The summed E-state index contributed by atoms with van der Waals surface area (Å²) >= 11 is 1.96. The fourth-order valence-electron chi connectivity index (χ4n) is 4.51. The number of hydrogen-bond donors (Lipinski definition) is 2. The monoisotopic (exact) mass is 409 g/mol. The van der Waals surface area contributed by atoms with E-state index in [4.69, 9.17) is 5.11 Å². The molecular weight excluding hydrogens is 386 g/mol. The molecule has 0 radical (unpaired) electrons. The van der Waals surface area contributed by atoms with Crippen molar-refractivity contribution in [3.63, 3.8) is 0 Å². The van der Waals surface area contributed by atoms with Gasteiger partial charge in [-0.25, -0.2) is 9.59 Å². The minimum absolute atomic E-state index is 0.0765. The van der Waals surface area contributed by atoms with Crippen LogP contribution in [-0.4, -0.2) is 40.1 Å². The van der Waals surface area contributed by atoms with Crippen LogP contribution >= 0.6 is 11.8 Å². The Kier molecular flexibility index (Phi) is 5.13. The Labute approximate surface area is 174 Å². The molecule has 6 heteroatoms. The normalized spacial score (nSPS) is 20.5. The second-order valence-corrected chi connectivity index (χ2v) is 9.08. The van der Waals surface area contributed by atoms with Crippen LogP contribution in [0.2, 0.25) is 0 Å². The number of rotatable bonds is 4. The predicted molar refractivity (Wildman–Crippen MR) is 113 cm³/mol. The van der Waals surface area contributed by atoms with Gasteiger partial charge in [-0.2, -0.15) is 0 Å². The first-order chi connectivity index (χ1) is 13.9. The van der Waals surface area contributed by atoms with E-state index in [0.717, 1.165) is 18.9 Å². The molecule has 5 nitrogen and oxygen atoms in total. The first-order valence-electron chi connectivity index (χ1n) is 9.67. The van der Waals surface area contributed by atoms with Crippen molar-refractivity contribution in [2.75, 3.05) is 13.1 Å². The molecule has 1 fully saturated rings. The molecule has 0 aromatic heterocycles. The van der Waals surface area contributed by atoms with Crippen molar-refractivity contribution in [2.24, 2.45) is 0 Å². The first kappa shape index (κ1) is 19.6. The van der Waals surface area contributed by atoms with Gasteiger partial charge in [-0.15, -0.1) is 11.8 Å². The molecule has 2 heterocycles. The SMILES string of the molecule is Cc1ccccc1C1SC2(CCN(C(=CC(=O)O)C(=O)O)CC2)c2ccccc21. The van der Waals surface area contributed by atoms with Crippen molar-refractivity contribution < 1.29 is 19.8 Å². The number of benzene rings is 2. The molecule has 0 saturated carbocycles. The largest absolute Gasteiger partial charge is 0.478 e. The Morgan fingerprint density at radius 2 is 1.66 bits per heavy atom. The van der Waals surface area contributed by atoms with Gasteiger partial charge >= 0.3 is 11.9 Å². The van der Waals surface area contributed by atoms with E-state index in [1.807, 2.05) is 11.8 Å². The van der Waals surface area contributed by atoms with Gasteiger partial charge in [0.05, 0.1) is 11.3 Å². The maximum absolute atomic E-state index is 11.5. The molecule has 1 unspecified atom stereocenters. The van der Waals surface area contributed by atoms with Crippen molar-refractivity contribution in [1.82, 2.24) is 4.90 Å². The number of nitrogens with zero attached hydrogens (tertiary/aromatic N) is 1. The van der Waals surface area contributed by atoms with Gasteiger partial charge in [-0.05, 0) is 42.0 Å². The molecule has 2 aliphatic heterocycles. The standard InChI is InChI=1S/C23H23NO4S/c1-15-6-2-3-7-16(15)21-17-8-4-5-9-18(17)23(29-21)10-12-24(13-11-23)19(22(27)28)14-20(25)26/h2-9,14,21H,10-13H2,1H3,(H,25,26)(H,27,28). The summed E-state index contributed by atoms with van der Waals surface area (Å²) in [6, 6.07) is 17.0. The smallest absolute Gasteiger partial charge is 0.352 e. The van der Waals surface area contributed by atoms with Crippen molar-refractivity contribution in [3.05, 3.63) is 82.6 Å². The lowest BCUT2D eigenvalue weighted by atomic mass is 9.84. The number of likely N-dealkylation sites (tertiary alicyclic amines) is 1. The van der Waals surface area contributed by atoms with E-state index in [2.05, 4.69) is 55.5 Å². The van der Waals surface area contributed by atoms with Crippen LogP contribution in [0.3, 0.4) is 0 Å². The van der Waals surface area contributed by atoms with E-state index in [1.165, 1.54) is 22.3 Å². The van der Waals surface area contributed by atoms with Crippen LogP contribution < -0.4 is 0 Å². The molecule has 0 aliphatic carbocycles. The van der Waals surface area contributed by atoms with Crippen LogP contribution in [0.4, 0.5) is 0 Å². The van der Waals surface area contributed by atoms with E-state index in [9.17, 15) is 14.7 Å². The molecule has 29 heavy (non-hydrogen) atoms. The molecule has 1 spiro atoms. The Morgan fingerprint density at radius 1 is 1.03 bits per heavy atom. The fourth-order valence-corrected chi connectivity index (χ4v) is 6.41. The number of aryl methyl sites for hydroxylation is 1. The highest BCUT2D eigenvalue weighted by Crippen LogP contribution is 2.61. The summed E-state index contributed by atoms with van der Waals surface area (Å²) in [4.78, 5) is 24.3. The van der Waals surface area contributed by atoms with E-state index in [-0.39, 0.29) is 15.7 Å². The summed E-state index contributed by atoms with van der Waals surface area (Å²) < 4.78 is -0.0765. The van der Waals surface area contributed by atoms with Gasteiger partial charge in [0.1, 0.15) is 5.70 Å². The summed E-state index contributed by atoms with van der Waals surface area (Å²) in [6.07, 6.45) is 2.36. The fraction of sp³-hybridized carbons (Fsp3) is 0.304. The van der Waals surface area contributed by atoms with Crippen molar-refractivity contribution in [3.8, 4) is 0 Å². The number of carboxylic acid groups (broad SMARTS) is 2. The maximum atomic E-state index is 11.5. The number of piperidine rings is 1. The molecule has 1 saturated heterocycles. The molecule has 2 aromatic rings. The molecule has 1 atom stereocenters. The Morgan fingerprint density at radius 3 is 2.28 bits per heavy atom. The van der Waals surface area contributed by atoms with Gasteiger partial charge in [0.2, 0.25) is 0 Å². The van der Waals surface area contributed by atoms with Crippen molar-refractivity contribution in [2.45, 2.75) is 29.8 Å². The lowest BCUT2D eigenvalue weighted by Gasteiger charge is -2.40.